The summed E-state index contributed by atoms with van der Waals surface area (Å²) in [6.07, 6.45) is 13.0. The zero-order valence-electron chi connectivity index (χ0n) is 13.2. The Morgan fingerprint density at radius 2 is 1.19 bits per heavy atom. The number of rotatable bonds is 5. The maximum atomic E-state index is 11.4. The van der Waals surface area contributed by atoms with Crippen LogP contribution in [0.2, 0.25) is 0 Å². The second-order valence-electron chi connectivity index (χ2n) is 7.75. The molecule has 0 spiro atoms. The van der Waals surface area contributed by atoms with Crippen molar-refractivity contribution in [1.29, 1.82) is 0 Å². The highest BCUT2D eigenvalue weighted by Gasteiger charge is 2.58. The van der Waals surface area contributed by atoms with Crippen LogP contribution >= 0.6 is 0 Å². The van der Waals surface area contributed by atoms with Gasteiger partial charge in [0.1, 0.15) is 5.60 Å². The molecular weight excluding hydrogens is 264 g/mol. The minimum atomic E-state index is -1.91. The standard InChI is InChI=1S/C18H31O3/c19-17(15-9-3-4-10-15,13-14-7-1-2-8-14)18(20,21)16-11-5-6-12-16/h15-16,19-21H,1-13H2. The van der Waals surface area contributed by atoms with Gasteiger partial charge < -0.3 is 15.3 Å². The van der Waals surface area contributed by atoms with Gasteiger partial charge in [0, 0.05) is 5.92 Å². The topological polar surface area (TPSA) is 60.7 Å². The average molecular weight is 295 g/mol. The van der Waals surface area contributed by atoms with Crippen LogP contribution < -0.4 is 0 Å². The molecule has 121 valence electrons. The molecule has 0 aliphatic heterocycles. The Morgan fingerprint density at radius 1 is 0.714 bits per heavy atom. The van der Waals surface area contributed by atoms with Crippen LogP contribution in [0.1, 0.15) is 83.5 Å². The van der Waals surface area contributed by atoms with Crippen LogP contribution in [0.4, 0.5) is 0 Å². The van der Waals surface area contributed by atoms with E-state index in [9.17, 15) is 15.3 Å². The molecular formula is C18H31O3. The molecule has 3 aliphatic carbocycles. The minimum Gasteiger partial charge on any atom is -0.384 e. The van der Waals surface area contributed by atoms with Gasteiger partial charge in [-0.2, -0.15) is 0 Å². The predicted molar refractivity (Wildman–Crippen MR) is 82.4 cm³/mol. The van der Waals surface area contributed by atoms with Crippen molar-refractivity contribution in [3.8, 4) is 0 Å². The number of aliphatic hydroxyl groups is 3. The molecule has 1 radical (unpaired) electrons. The molecule has 0 aromatic carbocycles. The highest BCUT2D eigenvalue weighted by Crippen LogP contribution is 2.50. The van der Waals surface area contributed by atoms with E-state index in [-0.39, 0.29) is 11.8 Å². The fourth-order valence-corrected chi connectivity index (χ4v) is 5.09. The highest BCUT2D eigenvalue weighted by molar-refractivity contribution is 5.10. The molecule has 1 unspecified atom stereocenters. The van der Waals surface area contributed by atoms with Crippen LogP contribution in [0, 0.1) is 17.8 Å². The Hall–Kier alpha value is -0.120. The zero-order valence-corrected chi connectivity index (χ0v) is 13.2. The predicted octanol–water partition coefficient (Wildman–Crippen LogP) is 3.32. The van der Waals surface area contributed by atoms with Gasteiger partial charge in [-0.1, -0.05) is 38.5 Å². The molecule has 3 N–H and O–H groups in total. The summed E-state index contributed by atoms with van der Waals surface area (Å²) in [6.45, 7) is 0. The quantitative estimate of drug-likeness (QED) is 0.682. The van der Waals surface area contributed by atoms with Crippen LogP contribution in [-0.4, -0.2) is 26.7 Å². The van der Waals surface area contributed by atoms with Gasteiger partial charge in [0.25, 0.3) is 0 Å². The lowest BCUT2D eigenvalue weighted by Gasteiger charge is -2.48. The molecule has 0 amide bonds. The summed E-state index contributed by atoms with van der Waals surface area (Å²) >= 11 is 0. The van der Waals surface area contributed by atoms with Crippen molar-refractivity contribution in [3.05, 3.63) is 5.92 Å². The largest absolute Gasteiger partial charge is 0.384 e. The lowest BCUT2D eigenvalue weighted by molar-refractivity contribution is -0.318. The van der Waals surface area contributed by atoms with Crippen molar-refractivity contribution < 1.29 is 15.3 Å². The molecule has 0 aromatic heterocycles. The summed E-state index contributed by atoms with van der Waals surface area (Å²) in [5.41, 5.74) is -1.32. The van der Waals surface area contributed by atoms with Gasteiger partial charge in [-0.15, -0.1) is 0 Å². The Labute approximate surface area is 128 Å². The molecule has 21 heavy (non-hydrogen) atoms. The van der Waals surface area contributed by atoms with E-state index in [1.54, 1.807) is 0 Å². The summed E-state index contributed by atoms with van der Waals surface area (Å²) in [5, 5.41) is 33.3. The van der Waals surface area contributed by atoms with Gasteiger partial charge in [-0.05, 0) is 56.8 Å². The summed E-state index contributed by atoms with van der Waals surface area (Å²) in [6, 6.07) is 0. The van der Waals surface area contributed by atoms with Crippen LogP contribution in [0.5, 0.6) is 0 Å². The second-order valence-corrected chi connectivity index (χ2v) is 7.75. The highest BCUT2D eigenvalue weighted by atomic mass is 16.5. The first-order chi connectivity index (χ1) is 10.0. The molecule has 1 atom stereocenters. The molecule has 0 bridgehead atoms. The smallest absolute Gasteiger partial charge is 0.195 e. The van der Waals surface area contributed by atoms with E-state index in [1.165, 1.54) is 18.8 Å². The maximum absolute atomic E-state index is 11.4. The molecule has 3 heteroatoms. The number of hydrogen-bond donors (Lipinski definition) is 3. The number of hydrogen-bond acceptors (Lipinski definition) is 3. The summed E-state index contributed by atoms with van der Waals surface area (Å²) in [7, 11) is 0. The van der Waals surface area contributed by atoms with Gasteiger partial charge in [-0.3, -0.25) is 0 Å². The Bertz CT molecular complexity index is 336. The fourth-order valence-electron chi connectivity index (χ4n) is 5.09. The van der Waals surface area contributed by atoms with E-state index < -0.39 is 11.4 Å². The van der Waals surface area contributed by atoms with Crippen LogP contribution in [0.15, 0.2) is 0 Å². The van der Waals surface area contributed by atoms with Crippen molar-refractivity contribution in [2.75, 3.05) is 0 Å². The first-order valence-corrected chi connectivity index (χ1v) is 9.05. The van der Waals surface area contributed by atoms with Crippen molar-refractivity contribution in [3.63, 3.8) is 0 Å². The molecule has 3 rings (SSSR count). The Morgan fingerprint density at radius 3 is 1.71 bits per heavy atom. The molecule has 0 heterocycles. The normalized spacial score (nSPS) is 29.3. The first kappa shape index (κ1) is 15.8. The second kappa shape index (κ2) is 6.17. The minimum absolute atomic E-state index is 0.0567. The molecule has 3 saturated carbocycles. The molecule has 3 aliphatic rings. The first-order valence-electron chi connectivity index (χ1n) is 9.05. The molecule has 0 aromatic rings. The van der Waals surface area contributed by atoms with Gasteiger partial charge in [-0.25, -0.2) is 0 Å². The van der Waals surface area contributed by atoms with Crippen molar-refractivity contribution >= 4 is 0 Å². The van der Waals surface area contributed by atoms with Gasteiger partial charge in [0.05, 0.1) is 0 Å². The van der Waals surface area contributed by atoms with Gasteiger partial charge in [0.2, 0.25) is 0 Å². The van der Waals surface area contributed by atoms with E-state index in [1.807, 2.05) is 0 Å². The Kier molecular flexibility index (Phi) is 4.63. The van der Waals surface area contributed by atoms with Crippen LogP contribution in [-0.2, 0) is 0 Å². The van der Waals surface area contributed by atoms with Crippen LogP contribution in [0.3, 0.4) is 0 Å². The lowest BCUT2D eigenvalue weighted by Crippen LogP contribution is -2.62. The zero-order chi connectivity index (χ0) is 14.9. The van der Waals surface area contributed by atoms with Gasteiger partial charge in [0.15, 0.2) is 5.79 Å². The van der Waals surface area contributed by atoms with Crippen molar-refractivity contribution in [1.82, 2.24) is 0 Å². The monoisotopic (exact) mass is 295 g/mol. The summed E-state index contributed by atoms with van der Waals surface area (Å²) < 4.78 is 0. The van der Waals surface area contributed by atoms with E-state index in [4.69, 9.17) is 0 Å². The van der Waals surface area contributed by atoms with E-state index in [2.05, 4.69) is 0 Å². The van der Waals surface area contributed by atoms with Crippen LogP contribution in [0.25, 0.3) is 0 Å². The average Bonchev–Trinajstić information content (AvgIpc) is 3.21. The van der Waals surface area contributed by atoms with E-state index in [0.29, 0.717) is 6.42 Å². The lowest BCUT2D eigenvalue weighted by atomic mass is 9.69. The van der Waals surface area contributed by atoms with E-state index in [0.717, 1.165) is 64.2 Å². The van der Waals surface area contributed by atoms with Crippen molar-refractivity contribution in [2.45, 2.75) is 94.9 Å². The summed E-state index contributed by atoms with van der Waals surface area (Å²) in [4.78, 5) is 0. The molecule has 3 nitrogen and oxygen atoms in total. The third kappa shape index (κ3) is 2.89. The SMILES string of the molecule is OC(O)(C1CCCC1)C(O)(C[C]1CCCC1)C1CCCC1. The Balaban J connectivity index is 1.82. The molecule has 3 fully saturated rings. The summed E-state index contributed by atoms with van der Waals surface area (Å²) in [5.74, 6) is -0.644. The maximum Gasteiger partial charge on any atom is 0.195 e. The molecule has 0 saturated heterocycles. The third-order valence-corrected chi connectivity index (χ3v) is 6.42. The van der Waals surface area contributed by atoms with E-state index >= 15 is 0 Å². The van der Waals surface area contributed by atoms with Gasteiger partial charge >= 0.3 is 0 Å². The van der Waals surface area contributed by atoms with Crippen molar-refractivity contribution in [2.24, 2.45) is 11.8 Å². The fraction of sp³-hybridized carbons (Fsp3) is 0.944. The third-order valence-electron chi connectivity index (χ3n) is 6.42.